The molecule has 1 saturated heterocycles. The quantitative estimate of drug-likeness (QED) is 0.736. The van der Waals surface area contributed by atoms with Gasteiger partial charge in [-0.05, 0) is 31.9 Å². The second-order valence-electron chi connectivity index (χ2n) is 6.32. The number of hydrogen-bond donors (Lipinski definition) is 0. The first kappa shape index (κ1) is 17.1. The van der Waals surface area contributed by atoms with E-state index < -0.39 is 0 Å². The lowest BCUT2D eigenvalue weighted by atomic mass is 9.75. The van der Waals surface area contributed by atoms with Crippen LogP contribution in [-0.4, -0.2) is 29.3 Å². The average Bonchev–Trinajstić information content (AvgIpc) is 2.51. The Morgan fingerprint density at radius 1 is 1.18 bits per heavy atom. The van der Waals surface area contributed by atoms with E-state index in [9.17, 15) is 4.79 Å². The standard InChI is InChI=1S/C19H23NO.ClH/c1-15-14-19(21)17-11-5-6-12-18(17)20(15)13-7-10-16-8-3-2-4-9-16;/h2-4,8-9,15,17-18H,5-6,11-14H2,1H3;1H/t15-,17-,18-;/m1./s1. The van der Waals surface area contributed by atoms with Crippen molar-refractivity contribution in [1.29, 1.82) is 0 Å². The van der Waals surface area contributed by atoms with Gasteiger partial charge in [-0.2, -0.15) is 0 Å². The molecule has 1 aromatic rings. The van der Waals surface area contributed by atoms with E-state index in [1.807, 2.05) is 30.3 Å². The topological polar surface area (TPSA) is 20.3 Å². The van der Waals surface area contributed by atoms with Crippen molar-refractivity contribution in [3.05, 3.63) is 35.9 Å². The van der Waals surface area contributed by atoms with E-state index in [-0.39, 0.29) is 18.3 Å². The largest absolute Gasteiger partial charge is 0.299 e. The van der Waals surface area contributed by atoms with Crippen LogP contribution in [0.15, 0.2) is 30.3 Å². The van der Waals surface area contributed by atoms with Crippen LogP contribution in [0.2, 0.25) is 0 Å². The second-order valence-corrected chi connectivity index (χ2v) is 6.32. The molecule has 2 nitrogen and oxygen atoms in total. The summed E-state index contributed by atoms with van der Waals surface area (Å²) in [5.41, 5.74) is 1.07. The summed E-state index contributed by atoms with van der Waals surface area (Å²) in [7, 11) is 0. The van der Waals surface area contributed by atoms with Crippen LogP contribution in [-0.2, 0) is 4.79 Å². The molecule has 3 atom stereocenters. The van der Waals surface area contributed by atoms with E-state index in [2.05, 4.69) is 23.7 Å². The number of fused-ring (bicyclic) bond motifs is 1. The van der Waals surface area contributed by atoms with Gasteiger partial charge >= 0.3 is 0 Å². The van der Waals surface area contributed by atoms with Gasteiger partial charge in [0.2, 0.25) is 0 Å². The molecule has 1 aliphatic heterocycles. The predicted molar refractivity (Wildman–Crippen MR) is 92.1 cm³/mol. The molecule has 0 spiro atoms. The predicted octanol–water partition coefficient (Wildman–Crippen LogP) is 3.68. The molecule has 1 aromatic carbocycles. The van der Waals surface area contributed by atoms with E-state index >= 15 is 0 Å². The minimum atomic E-state index is 0. The maximum Gasteiger partial charge on any atom is 0.139 e. The summed E-state index contributed by atoms with van der Waals surface area (Å²) >= 11 is 0. The van der Waals surface area contributed by atoms with Gasteiger partial charge in [-0.15, -0.1) is 12.4 Å². The molecule has 0 bridgehead atoms. The molecule has 118 valence electrons. The number of benzene rings is 1. The van der Waals surface area contributed by atoms with Crippen LogP contribution in [0.5, 0.6) is 0 Å². The smallest absolute Gasteiger partial charge is 0.139 e. The number of nitrogens with zero attached hydrogens (tertiary/aromatic N) is 1. The van der Waals surface area contributed by atoms with Gasteiger partial charge in [0, 0.05) is 30.0 Å². The van der Waals surface area contributed by atoms with Crippen molar-refractivity contribution in [2.45, 2.75) is 51.1 Å². The number of Topliss-reactive ketones (excluding diaryl/α,β-unsaturated/α-hetero) is 1. The third-order valence-corrected chi connectivity index (χ3v) is 4.90. The van der Waals surface area contributed by atoms with Gasteiger partial charge in [0.1, 0.15) is 5.78 Å². The second kappa shape index (κ2) is 7.81. The summed E-state index contributed by atoms with van der Waals surface area (Å²) in [5.74, 6) is 7.31. The molecular formula is C19H24ClNO. The van der Waals surface area contributed by atoms with Crippen LogP contribution in [0.4, 0.5) is 0 Å². The Labute approximate surface area is 139 Å². The highest BCUT2D eigenvalue weighted by atomic mass is 35.5. The first-order valence-corrected chi connectivity index (χ1v) is 8.08. The zero-order valence-electron chi connectivity index (χ0n) is 13.1. The monoisotopic (exact) mass is 317 g/mol. The fourth-order valence-electron chi connectivity index (χ4n) is 3.80. The van der Waals surface area contributed by atoms with Gasteiger partial charge in [0.05, 0.1) is 6.54 Å². The molecule has 1 saturated carbocycles. The third kappa shape index (κ3) is 3.72. The molecule has 3 heteroatoms. The van der Waals surface area contributed by atoms with Crippen molar-refractivity contribution in [3.8, 4) is 11.8 Å². The molecule has 1 aliphatic carbocycles. The molecule has 0 N–H and O–H groups in total. The summed E-state index contributed by atoms with van der Waals surface area (Å²) < 4.78 is 0. The molecule has 1 heterocycles. The fourth-order valence-corrected chi connectivity index (χ4v) is 3.80. The number of halogens is 1. The SMILES string of the molecule is C[C@@H]1CC(=O)[C@@H]2CCCC[C@H]2N1CC#Cc1ccccc1.Cl. The van der Waals surface area contributed by atoms with Crippen LogP contribution >= 0.6 is 12.4 Å². The van der Waals surface area contributed by atoms with Crippen LogP contribution in [0, 0.1) is 17.8 Å². The lowest BCUT2D eigenvalue weighted by Crippen LogP contribution is -2.54. The highest BCUT2D eigenvalue weighted by molar-refractivity contribution is 5.85. The van der Waals surface area contributed by atoms with Crippen LogP contribution in [0.1, 0.15) is 44.6 Å². The third-order valence-electron chi connectivity index (χ3n) is 4.90. The van der Waals surface area contributed by atoms with Crippen molar-refractivity contribution in [3.63, 3.8) is 0 Å². The summed E-state index contributed by atoms with van der Waals surface area (Å²) in [6.07, 6.45) is 5.41. The normalized spacial score (nSPS) is 28.0. The van der Waals surface area contributed by atoms with Crippen molar-refractivity contribution in [2.24, 2.45) is 5.92 Å². The van der Waals surface area contributed by atoms with Crippen LogP contribution in [0.3, 0.4) is 0 Å². The number of ketones is 1. The Morgan fingerprint density at radius 3 is 2.68 bits per heavy atom. The van der Waals surface area contributed by atoms with Gasteiger partial charge in [0.15, 0.2) is 0 Å². The van der Waals surface area contributed by atoms with Gasteiger partial charge in [-0.25, -0.2) is 0 Å². The Hall–Kier alpha value is -1.30. The Kier molecular flexibility index (Phi) is 6.06. The molecule has 2 fully saturated rings. The Morgan fingerprint density at radius 2 is 1.91 bits per heavy atom. The number of piperidine rings is 1. The van der Waals surface area contributed by atoms with Gasteiger partial charge in [-0.3, -0.25) is 9.69 Å². The molecule has 0 radical (unpaired) electrons. The number of carbonyl (C=O) groups excluding carboxylic acids is 1. The molecule has 22 heavy (non-hydrogen) atoms. The van der Waals surface area contributed by atoms with Crippen molar-refractivity contribution in [1.82, 2.24) is 4.90 Å². The summed E-state index contributed by atoms with van der Waals surface area (Å²) in [4.78, 5) is 14.7. The van der Waals surface area contributed by atoms with E-state index in [1.165, 1.54) is 12.8 Å². The minimum absolute atomic E-state index is 0. The maximum atomic E-state index is 12.2. The highest BCUT2D eigenvalue weighted by Crippen LogP contribution is 2.35. The molecule has 0 aromatic heterocycles. The van der Waals surface area contributed by atoms with Crippen LogP contribution < -0.4 is 0 Å². The van der Waals surface area contributed by atoms with E-state index in [0.717, 1.165) is 24.9 Å². The van der Waals surface area contributed by atoms with E-state index in [4.69, 9.17) is 0 Å². The average molecular weight is 318 g/mol. The summed E-state index contributed by atoms with van der Waals surface area (Å²) in [6, 6.07) is 10.9. The van der Waals surface area contributed by atoms with E-state index in [0.29, 0.717) is 24.3 Å². The number of likely N-dealkylation sites (tertiary alicyclic amines) is 1. The zero-order chi connectivity index (χ0) is 14.7. The van der Waals surface area contributed by atoms with Gasteiger partial charge < -0.3 is 0 Å². The van der Waals surface area contributed by atoms with Gasteiger partial charge in [0.25, 0.3) is 0 Å². The molecule has 3 rings (SSSR count). The Bertz CT molecular complexity index is 560. The molecule has 2 aliphatic rings. The Balaban J connectivity index is 0.00000176. The lowest BCUT2D eigenvalue weighted by molar-refractivity contribution is -0.132. The molecule has 0 unspecified atom stereocenters. The van der Waals surface area contributed by atoms with Crippen molar-refractivity contribution >= 4 is 18.2 Å². The number of rotatable bonds is 1. The lowest BCUT2D eigenvalue weighted by Gasteiger charge is -2.45. The first-order chi connectivity index (χ1) is 10.3. The maximum absolute atomic E-state index is 12.2. The minimum Gasteiger partial charge on any atom is -0.299 e. The number of carbonyl (C=O) groups is 1. The van der Waals surface area contributed by atoms with Crippen molar-refractivity contribution in [2.75, 3.05) is 6.54 Å². The van der Waals surface area contributed by atoms with Crippen molar-refractivity contribution < 1.29 is 4.79 Å². The van der Waals surface area contributed by atoms with Crippen LogP contribution in [0.25, 0.3) is 0 Å². The van der Waals surface area contributed by atoms with Gasteiger partial charge in [-0.1, -0.05) is 42.9 Å². The zero-order valence-corrected chi connectivity index (χ0v) is 13.9. The first-order valence-electron chi connectivity index (χ1n) is 8.08. The molecule has 0 amide bonds. The molecular weight excluding hydrogens is 294 g/mol. The highest BCUT2D eigenvalue weighted by Gasteiger charge is 2.41. The summed E-state index contributed by atoms with van der Waals surface area (Å²) in [6.45, 7) is 2.96. The number of hydrogen-bond acceptors (Lipinski definition) is 2. The summed E-state index contributed by atoms with van der Waals surface area (Å²) in [5, 5.41) is 0. The van der Waals surface area contributed by atoms with E-state index in [1.54, 1.807) is 0 Å². The fraction of sp³-hybridized carbons (Fsp3) is 0.526.